The summed E-state index contributed by atoms with van der Waals surface area (Å²) in [5.74, 6) is -0.570. The van der Waals surface area contributed by atoms with E-state index < -0.39 is 10.7 Å². The van der Waals surface area contributed by atoms with Gasteiger partial charge in [-0.05, 0) is 24.3 Å². The standard InChI is InChI=1S/C12H8FNO3S/c13-11-6-8(14(16)17)4-5-12(11)18-10-3-1-2-9(15)7-10/h1-7,15H. The molecule has 4 nitrogen and oxygen atoms in total. The topological polar surface area (TPSA) is 63.4 Å². The molecule has 92 valence electrons. The number of nitrogens with zero attached hydrogens (tertiary/aromatic N) is 1. The fourth-order valence-electron chi connectivity index (χ4n) is 1.36. The molecule has 0 saturated carbocycles. The van der Waals surface area contributed by atoms with Crippen LogP contribution in [0.1, 0.15) is 0 Å². The van der Waals surface area contributed by atoms with Gasteiger partial charge in [0, 0.05) is 15.9 Å². The first-order chi connectivity index (χ1) is 8.56. The SMILES string of the molecule is O=[N+]([O-])c1ccc(Sc2cccc(O)c2)c(F)c1. The monoisotopic (exact) mass is 265 g/mol. The lowest BCUT2D eigenvalue weighted by Gasteiger charge is -2.03. The van der Waals surface area contributed by atoms with Gasteiger partial charge in [0.1, 0.15) is 11.6 Å². The van der Waals surface area contributed by atoms with Gasteiger partial charge >= 0.3 is 0 Å². The summed E-state index contributed by atoms with van der Waals surface area (Å²) < 4.78 is 13.6. The predicted molar refractivity (Wildman–Crippen MR) is 65.3 cm³/mol. The molecule has 1 N–H and O–H groups in total. The van der Waals surface area contributed by atoms with Crippen LogP contribution in [-0.2, 0) is 0 Å². The van der Waals surface area contributed by atoms with Crippen molar-refractivity contribution in [2.75, 3.05) is 0 Å². The van der Waals surface area contributed by atoms with E-state index in [1.807, 2.05) is 0 Å². The van der Waals surface area contributed by atoms with Crippen molar-refractivity contribution in [3.8, 4) is 5.75 Å². The first-order valence-corrected chi connectivity index (χ1v) is 5.79. The van der Waals surface area contributed by atoms with Crippen molar-refractivity contribution in [3.05, 3.63) is 58.4 Å². The van der Waals surface area contributed by atoms with Gasteiger partial charge in [-0.1, -0.05) is 17.8 Å². The van der Waals surface area contributed by atoms with Crippen LogP contribution in [0.4, 0.5) is 10.1 Å². The average Bonchev–Trinajstić information content (AvgIpc) is 2.31. The zero-order chi connectivity index (χ0) is 13.1. The Balaban J connectivity index is 2.27. The normalized spacial score (nSPS) is 10.3. The summed E-state index contributed by atoms with van der Waals surface area (Å²) >= 11 is 1.09. The number of rotatable bonds is 3. The lowest BCUT2D eigenvalue weighted by molar-refractivity contribution is -0.385. The Morgan fingerprint density at radius 3 is 2.61 bits per heavy atom. The Kier molecular flexibility index (Phi) is 3.47. The van der Waals surface area contributed by atoms with Crippen LogP contribution in [0.2, 0.25) is 0 Å². The zero-order valence-corrected chi connectivity index (χ0v) is 9.86. The Morgan fingerprint density at radius 1 is 1.22 bits per heavy atom. The molecular formula is C12H8FNO3S. The fraction of sp³-hybridized carbons (Fsp3) is 0. The van der Waals surface area contributed by atoms with E-state index in [0.29, 0.717) is 4.90 Å². The second kappa shape index (κ2) is 5.05. The van der Waals surface area contributed by atoms with Gasteiger partial charge in [0.2, 0.25) is 0 Å². The minimum atomic E-state index is -0.655. The molecule has 0 amide bonds. The van der Waals surface area contributed by atoms with Gasteiger partial charge in [0.25, 0.3) is 5.69 Å². The van der Waals surface area contributed by atoms with E-state index in [4.69, 9.17) is 0 Å². The van der Waals surface area contributed by atoms with Crippen LogP contribution in [0.3, 0.4) is 0 Å². The highest BCUT2D eigenvalue weighted by Gasteiger charge is 2.11. The summed E-state index contributed by atoms with van der Waals surface area (Å²) in [6, 6.07) is 9.83. The molecule has 6 heteroatoms. The van der Waals surface area contributed by atoms with Crippen molar-refractivity contribution >= 4 is 17.4 Å². The van der Waals surface area contributed by atoms with E-state index in [9.17, 15) is 19.6 Å². The summed E-state index contributed by atoms with van der Waals surface area (Å²) in [4.78, 5) is 10.7. The number of hydrogen-bond acceptors (Lipinski definition) is 4. The Hall–Kier alpha value is -2.08. The molecule has 0 radical (unpaired) electrons. The van der Waals surface area contributed by atoms with Gasteiger partial charge in [0.15, 0.2) is 0 Å². The molecular weight excluding hydrogens is 257 g/mol. The molecule has 0 atom stereocenters. The van der Waals surface area contributed by atoms with Crippen molar-refractivity contribution in [2.24, 2.45) is 0 Å². The number of non-ortho nitro benzene ring substituents is 1. The van der Waals surface area contributed by atoms with Gasteiger partial charge in [-0.25, -0.2) is 4.39 Å². The summed E-state index contributed by atoms with van der Waals surface area (Å²) in [5.41, 5.74) is -0.284. The fourth-order valence-corrected chi connectivity index (χ4v) is 2.23. The summed E-state index contributed by atoms with van der Waals surface area (Å²) in [6.07, 6.45) is 0. The van der Waals surface area contributed by atoms with Crippen molar-refractivity contribution in [1.82, 2.24) is 0 Å². The lowest BCUT2D eigenvalue weighted by Crippen LogP contribution is -1.90. The third kappa shape index (κ3) is 2.78. The van der Waals surface area contributed by atoms with Gasteiger partial charge in [-0.3, -0.25) is 10.1 Å². The minimum absolute atomic E-state index is 0.0855. The van der Waals surface area contributed by atoms with Crippen molar-refractivity contribution in [1.29, 1.82) is 0 Å². The van der Waals surface area contributed by atoms with Crippen LogP contribution in [-0.4, -0.2) is 10.0 Å². The second-order valence-corrected chi connectivity index (χ2v) is 4.59. The van der Waals surface area contributed by atoms with Crippen LogP contribution < -0.4 is 0 Å². The van der Waals surface area contributed by atoms with E-state index >= 15 is 0 Å². The highest BCUT2D eigenvalue weighted by atomic mass is 32.2. The van der Waals surface area contributed by atoms with Crippen LogP contribution in [0.15, 0.2) is 52.3 Å². The Bertz CT molecular complexity index is 604. The highest BCUT2D eigenvalue weighted by Crippen LogP contribution is 2.32. The van der Waals surface area contributed by atoms with Crippen LogP contribution >= 0.6 is 11.8 Å². The first kappa shape index (κ1) is 12.4. The maximum Gasteiger partial charge on any atom is 0.272 e. The molecule has 0 aromatic heterocycles. The predicted octanol–water partition coefficient (Wildman–Crippen LogP) is 3.59. The number of nitro groups is 1. The molecule has 0 bridgehead atoms. The molecule has 0 aliphatic rings. The van der Waals surface area contributed by atoms with Crippen LogP contribution in [0.25, 0.3) is 0 Å². The summed E-state index contributed by atoms with van der Waals surface area (Å²) in [7, 11) is 0. The molecule has 0 unspecified atom stereocenters. The van der Waals surface area contributed by atoms with E-state index in [1.54, 1.807) is 12.1 Å². The molecule has 2 aromatic carbocycles. The Labute approximate surface area is 106 Å². The maximum atomic E-state index is 13.6. The number of phenols is 1. The van der Waals surface area contributed by atoms with Gasteiger partial charge < -0.3 is 5.11 Å². The van der Waals surface area contributed by atoms with Crippen molar-refractivity contribution in [2.45, 2.75) is 9.79 Å². The zero-order valence-electron chi connectivity index (χ0n) is 9.04. The molecule has 0 saturated heterocycles. The van der Waals surface area contributed by atoms with Gasteiger partial charge in [0.05, 0.1) is 11.0 Å². The molecule has 0 heterocycles. The van der Waals surface area contributed by atoms with E-state index in [1.165, 1.54) is 24.3 Å². The molecule has 0 aliphatic carbocycles. The largest absolute Gasteiger partial charge is 0.508 e. The number of aromatic hydroxyl groups is 1. The van der Waals surface area contributed by atoms with E-state index in [-0.39, 0.29) is 16.3 Å². The van der Waals surface area contributed by atoms with Crippen LogP contribution in [0, 0.1) is 15.9 Å². The van der Waals surface area contributed by atoms with Gasteiger partial charge in [-0.2, -0.15) is 0 Å². The van der Waals surface area contributed by atoms with Gasteiger partial charge in [-0.15, -0.1) is 0 Å². The van der Waals surface area contributed by atoms with E-state index in [0.717, 1.165) is 17.8 Å². The summed E-state index contributed by atoms with van der Waals surface area (Å²) in [6.45, 7) is 0. The molecule has 2 aromatic rings. The van der Waals surface area contributed by atoms with Crippen molar-refractivity contribution < 1.29 is 14.4 Å². The molecule has 2 rings (SSSR count). The second-order valence-electron chi connectivity index (χ2n) is 3.47. The number of halogens is 1. The average molecular weight is 265 g/mol. The Morgan fingerprint density at radius 2 is 2.00 bits per heavy atom. The third-order valence-corrected chi connectivity index (χ3v) is 3.21. The van der Waals surface area contributed by atoms with Crippen molar-refractivity contribution in [3.63, 3.8) is 0 Å². The quantitative estimate of drug-likeness (QED) is 0.680. The minimum Gasteiger partial charge on any atom is -0.508 e. The number of hydrogen-bond donors (Lipinski definition) is 1. The van der Waals surface area contributed by atoms with Crippen LogP contribution in [0.5, 0.6) is 5.75 Å². The lowest BCUT2D eigenvalue weighted by atomic mass is 10.3. The third-order valence-electron chi connectivity index (χ3n) is 2.17. The number of phenolic OH excluding ortho intramolecular Hbond substituents is 1. The first-order valence-electron chi connectivity index (χ1n) is 4.97. The maximum absolute atomic E-state index is 13.6. The number of benzene rings is 2. The molecule has 0 fully saturated rings. The highest BCUT2D eigenvalue weighted by molar-refractivity contribution is 7.99. The molecule has 0 aliphatic heterocycles. The van der Waals surface area contributed by atoms with E-state index in [2.05, 4.69) is 0 Å². The number of nitro benzene ring substituents is 1. The smallest absolute Gasteiger partial charge is 0.272 e. The molecule has 0 spiro atoms. The molecule has 18 heavy (non-hydrogen) atoms. The summed E-state index contributed by atoms with van der Waals surface area (Å²) in [5, 5.41) is 19.7.